The zero-order valence-electron chi connectivity index (χ0n) is 8.15. The van der Waals surface area contributed by atoms with Crippen LogP contribution in [0, 0.1) is 5.92 Å². The molecule has 0 bridgehead atoms. The fourth-order valence-corrected chi connectivity index (χ4v) is 0.775. The van der Waals surface area contributed by atoms with Gasteiger partial charge in [0.05, 0.1) is 6.61 Å². The standard InChI is InChI=1S/C8H16O4S/c1-4-6(2)5-12-8(9)7(3)13(10)11/h6-7H,4-5H2,1-3H3,(H,10,11). The Morgan fingerprint density at radius 2 is 2.08 bits per heavy atom. The summed E-state index contributed by atoms with van der Waals surface area (Å²) in [4.78, 5) is 11.0. The van der Waals surface area contributed by atoms with Crippen LogP contribution in [0.4, 0.5) is 0 Å². The number of hydrogen-bond acceptors (Lipinski definition) is 3. The van der Waals surface area contributed by atoms with Gasteiger partial charge in [0.15, 0.2) is 16.3 Å². The van der Waals surface area contributed by atoms with E-state index in [0.29, 0.717) is 12.5 Å². The molecule has 0 rings (SSSR count). The van der Waals surface area contributed by atoms with Crippen molar-refractivity contribution in [1.82, 2.24) is 0 Å². The van der Waals surface area contributed by atoms with E-state index in [9.17, 15) is 9.00 Å². The van der Waals surface area contributed by atoms with Gasteiger partial charge in [-0.25, -0.2) is 4.21 Å². The molecule has 3 atom stereocenters. The molecule has 0 aromatic heterocycles. The molecule has 0 aliphatic heterocycles. The molecule has 5 heteroatoms. The van der Waals surface area contributed by atoms with Crippen LogP contribution in [0.2, 0.25) is 0 Å². The Hall–Kier alpha value is -0.420. The minimum atomic E-state index is -2.13. The molecule has 4 nitrogen and oxygen atoms in total. The van der Waals surface area contributed by atoms with Crippen LogP contribution >= 0.6 is 0 Å². The third kappa shape index (κ3) is 5.00. The second kappa shape index (κ2) is 6.10. The summed E-state index contributed by atoms with van der Waals surface area (Å²) in [5.41, 5.74) is 0. The highest BCUT2D eigenvalue weighted by molar-refractivity contribution is 7.80. The van der Waals surface area contributed by atoms with Crippen LogP contribution in [-0.4, -0.2) is 26.6 Å². The van der Waals surface area contributed by atoms with Gasteiger partial charge >= 0.3 is 5.97 Å². The van der Waals surface area contributed by atoms with Crippen LogP contribution in [0.3, 0.4) is 0 Å². The lowest BCUT2D eigenvalue weighted by atomic mass is 10.1. The Kier molecular flexibility index (Phi) is 5.90. The summed E-state index contributed by atoms with van der Waals surface area (Å²) in [6, 6.07) is 0. The highest BCUT2D eigenvalue weighted by Gasteiger charge is 2.20. The van der Waals surface area contributed by atoms with Crippen molar-refractivity contribution in [2.24, 2.45) is 5.92 Å². The normalized spacial score (nSPS) is 17.5. The molecule has 13 heavy (non-hydrogen) atoms. The first-order valence-corrected chi connectivity index (χ1v) is 5.42. The Morgan fingerprint density at radius 3 is 2.46 bits per heavy atom. The number of esters is 1. The second-order valence-corrected chi connectivity index (χ2v) is 4.32. The van der Waals surface area contributed by atoms with E-state index in [-0.39, 0.29) is 0 Å². The third-order valence-corrected chi connectivity index (χ3v) is 2.64. The predicted molar refractivity (Wildman–Crippen MR) is 50.6 cm³/mol. The van der Waals surface area contributed by atoms with Crippen LogP contribution in [0.5, 0.6) is 0 Å². The highest BCUT2D eigenvalue weighted by atomic mass is 32.2. The quantitative estimate of drug-likeness (QED) is 0.544. The summed E-state index contributed by atoms with van der Waals surface area (Å²) in [6.07, 6.45) is 0.921. The zero-order valence-corrected chi connectivity index (χ0v) is 8.97. The Bertz CT molecular complexity index is 193. The monoisotopic (exact) mass is 208 g/mol. The van der Waals surface area contributed by atoms with E-state index in [1.807, 2.05) is 13.8 Å². The molecule has 0 spiro atoms. The van der Waals surface area contributed by atoms with Gasteiger partial charge in [0.25, 0.3) is 0 Å². The molecule has 1 N–H and O–H groups in total. The maximum Gasteiger partial charge on any atom is 0.323 e. The summed E-state index contributed by atoms with van der Waals surface area (Å²) in [7, 11) is 0. The van der Waals surface area contributed by atoms with Crippen molar-refractivity contribution in [3.63, 3.8) is 0 Å². The molecule has 0 saturated carbocycles. The van der Waals surface area contributed by atoms with Gasteiger partial charge in [-0.3, -0.25) is 4.79 Å². The maximum absolute atomic E-state index is 11.0. The smallest absolute Gasteiger partial charge is 0.323 e. The third-order valence-electron chi connectivity index (χ3n) is 1.84. The Labute approximate surface area is 80.9 Å². The molecule has 0 aliphatic carbocycles. The fraction of sp³-hybridized carbons (Fsp3) is 0.875. The van der Waals surface area contributed by atoms with Crippen molar-refractivity contribution in [3.05, 3.63) is 0 Å². The molecule has 0 aliphatic rings. The summed E-state index contributed by atoms with van der Waals surface area (Å²) in [6.45, 7) is 5.63. The van der Waals surface area contributed by atoms with E-state index in [1.165, 1.54) is 6.92 Å². The molecule has 0 amide bonds. The molecule has 0 radical (unpaired) electrons. The van der Waals surface area contributed by atoms with E-state index in [1.54, 1.807) is 0 Å². The molecule has 78 valence electrons. The SMILES string of the molecule is CCC(C)COC(=O)C(C)S(=O)O. The van der Waals surface area contributed by atoms with Gasteiger partial charge < -0.3 is 9.29 Å². The lowest BCUT2D eigenvalue weighted by molar-refractivity contribution is -0.144. The van der Waals surface area contributed by atoms with Gasteiger partial charge in [-0.05, 0) is 12.8 Å². The topological polar surface area (TPSA) is 63.6 Å². The van der Waals surface area contributed by atoms with E-state index < -0.39 is 22.3 Å². The van der Waals surface area contributed by atoms with Crippen molar-refractivity contribution in [2.45, 2.75) is 32.4 Å². The largest absolute Gasteiger partial charge is 0.464 e. The van der Waals surface area contributed by atoms with Crippen molar-refractivity contribution < 1.29 is 18.3 Å². The van der Waals surface area contributed by atoms with Crippen molar-refractivity contribution in [3.8, 4) is 0 Å². The molecule has 0 aromatic carbocycles. The molecular formula is C8H16O4S. The predicted octanol–water partition coefficient (Wildman–Crippen LogP) is 1.19. The Balaban J connectivity index is 3.81. The van der Waals surface area contributed by atoms with Crippen molar-refractivity contribution in [2.75, 3.05) is 6.61 Å². The highest BCUT2D eigenvalue weighted by Crippen LogP contribution is 2.03. The lowest BCUT2D eigenvalue weighted by Crippen LogP contribution is -2.26. The van der Waals surface area contributed by atoms with Gasteiger partial charge in [0, 0.05) is 0 Å². The van der Waals surface area contributed by atoms with Crippen LogP contribution in [-0.2, 0) is 20.6 Å². The number of hydrogen-bond donors (Lipinski definition) is 1. The number of carbonyl (C=O) groups excluding carboxylic acids is 1. The first kappa shape index (κ1) is 12.6. The number of ether oxygens (including phenoxy) is 1. The van der Waals surface area contributed by atoms with E-state index in [2.05, 4.69) is 0 Å². The fourth-order valence-electron chi connectivity index (χ4n) is 0.542. The van der Waals surface area contributed by atoms with Gasteiger partial charge in [0.1, 0.15) is 0 Å². The van der Waals surface area contributed by atoms with Gasteiger partial charge in [-0.1, -0.05) is 20.3 Å². The number of rotatable bonds is 5. The number of carbonyl (C=O) groups is 1. The van der Waals surface area contributed by atoms with Crippen LogP contribution in [0.15, 0.2) is 0 Å². The molecular weight excluding hydrogens is 192 g/mol. The molecule has 3 unspecified atom stereocenters. The van der Waals surface area contributed by atoms with Crippen molar-refractivity contribution >= 4 is 17.0 Å². The first-order chi connectivity index (χ1) is 5.99. The summed E-state index contributed by atoms with van der Waals surface area (Å²) >= 11 is -2.13. The van der Waals surface area contributed by atoms with Gasteiger partial charge in [0.2, 0.25) is 0 Å². The maximum atomic E-state index is 11.0. The van der Waals surface area contributed by atoms with Crippen LogP contribution < -0.4 is 0 Å². The minimum absolute atomic E-state index is 0.295. The van der Waals surface area contributed by atoms with E-state index in [4.69, 9.17) is 9.29 Å². The summed E-state index contributed by atoms with van der Waals surface area (Å²) in [5, 5.41) is -0.955. The second-order valence-electron chi connectivity index (χ2n) is 3.06. The van der Waals surface area contributed by atoms with E-state index in [0.717, 1.165) is 6.42 Å². The van der Waals surface area contributed by atoms with Crippen LogP contribution in [0.1, 0.15) is 27.2 Å². The van der Waals surface area contributed by atoms with Crippen LogP contribution in [0.25, 0.3) is 0 Å². The summed E-state index contributed by atoms with van der Waals surface area (Å²) in [5.74, 6) is -0.315. The lowest BCUT2D eigenvalue weighted by Gasteiger charge is -2.11. The Morgan fingerprint density at radius 1 is 1.54 bits per heavy atom. The minimum Gasteiger partial charge on any atom is -0.464 e. The van der Waals surface area contributed by atoms with E-state index >= 15 is 0 Å². The zero-order chi connectivity index (χ0) is 10.4. The first-order valence-electron chi connectivity index (χ1n) is 4.25. The van der Waals surface area contributed by atoms with Crippen molar-refractivity contribution in [1.29, 1.82) is 0 Å². The molecule has 0 heterocycles. The molecule has 0 aromatic rings. The molecule has 0 saturated heterocycles. The van der Waals surface area contributed by atoms with Gasteiger partial charge in [-0.15, -0.1) is 0 Å². The van der Waals surface area contributed by atoms with Gasteiger partial charge in [-0.2, -0.15) is 0 Å². The summed E-state index contributed by atoms with van der Waals surface area (Å²) < 4.78 is 23.9. The average Bonchev–Trinajstić information content (AvgIpc) is 2.11. The molecule has 0 fully saturated rings. The average molecular weight is 208 g/mol.